The monoisotopic (exact) mass is 1110 g/mol. The molecule has 0 aromatic heterocycles. The molecule has 2 aliphatic rings. The first-order chi connectivity index (χ1) is 36.7. The lowest BCUT2D eigenvalue weighted by Crippen LogP contribution is -2.63. The summed E-state index contributed by atoms with van der Waals surface area (Å²) in [6.45, 7) is 12.2. The number of carbonyl (C=O) groups is 6. The molecule has 11 N–H and O–H groups in total. The van der Waals surface area contributed by atoms with E-state index < -0.39 is 146 Å². The minimum absolute atomic E-state index is 0.0776. The fourth-order valence-corrected chi connectivity index (χ4v) is 10.8. The van der Waals surface area contributed by atoms with E-state index in [2.05, 4.69) is 16.0 Å². The van der Waals surface area contributed by atoms with Crippen LogP contribution in [0.1, 0.15) is 86.6 Å². The first-order valence-corrected chi connectivity index (χ1v) is 27.1. The number of likely N-dealkylation sites (tertiary alicyclic amines) is 1. The molecule has 0 bridgehead atoms. The van der Waals surface area contributed by atoms with Crippen molar-refractivity contribution >= 4 is 35.5 Å². The molecule has 0 saturated carbocycles. The van der Waals surface area contributed by atoms with Gasteiger partial charge in [-0.25, -0.2) is 4.79 Å². The number of carboxylic acid groups (broad SMARTS) is 1. The molecule has 24 nitrogen and oxygen atoms in total. The minimum Gasteiger partial charge on any atom is -0.480 e. The van der Waals surface area contributed by atoms with Gasteiger partial charge < -0.3 is 85.5 Å². The number of methoxy groups -OCH3 is 2. The van der Waals surface area contributed by atoms with Gasteiger partial charge in [-0.2, -0.15) is 0 Å². The summed E-state index contributed by atoms with van der Waals surface area (Å²) in [5.41, 5.74) is 0.741. The number of carboxylic acids is 1. The Hall–Kier alpha value is -4.44. The second kappa shape index (κ2) is 32.1. The highest BCUT2D eigenvalue weighted by molar-refractivity contribution is 5.86. The molecule has 18 atom stereocenters. The topological polar surface area (TPSA) is 347 Å². The van der Waals surface area contributed by atoms with E-state index in [4.69, 9.17) is 18.9 Å². The molecule has 0 spiro atoms. The first kappa shape index (κ1) is 67.8. The van der Waals surface area contributed by atoms with Crippen LogP contribution in [-0.2, 0) is 54.1 Å². The first-order valence-electron chi connectivity index (χ1n) is 27.1. The number of likely N-dealkylation sites (N-methyl/N-ethyl adjacent to an activating group) is 2. The Morgan fingerprint density at radius 3 is 2.04 bits per heavy atom. The van der Waals surface area contributed by atoms with Gasteiger partial charge in [-0.15, -0.1) is 0 Å². The van der Waals surface area contributed by atoms with Gasteiger partial charge in [-0.1, -0.05) is 85.2 Å². The summed E-state index contributed by atoms with van der Waals surface area (Å²) in [5, 5.41) is 91.6. The summed E-state index contributed by atoms with van der Waals surface area (Å²) < 4.78 is 23.1. The zero-order valence-electron chi connectivity index (χ0n) is 47.5. The second-order valence-electron chi connectivity index (χ2n) is 21.7. The molecule has 0 aliphatic carbocycles. The summed E-state index contributed by atoms with van der Waals surface area (Å²) in [7, 11) is 6.14. The predicted molar refractivity (Wildman–Crippen MR) is 284 cm³/mol. The van der Waals surface area contributed by atoms with E-state index in [1.807, 2.05) is 33.8 Å². The molecule has 78 heavy (non-hydrogen) atoms. The smallest absolute Gasteiger partial charge is 0.326 e. The fraction of sp³-hybridized carbons (Fsp3) is 0.778. The zero-order valence-corrected chi connectivity index (χ0v) is 47.5. The van der Waals surface area contributed by atoms with E-state index in [1.165, 1.54) is 21.1 Å². The average Bonchev–Trinajstić information content (AvgIpc) is 3.89. The Morgan fingerprint density at radius 1 is 0.872 bits per heavy atom. The maximum atomic E-state index is 14.7. The molecule has 446 valence electrons. The van der Waals surface area contributed by atoms with Crippen molar-refractivity contribution in [2.24, 2.45) is 29.6 Å². The van der Waals surface area contributed by atoms with Crippen LogP contribution in [0.3, 0.4) is 0 Å². The maximum Gasteiger partial charge on any atom is 0.326 e. The van der Waals surface area contributed by atoms with E-state index in [0.29, 0.717) is 25.8 Å². The van der Waals surface area contributed by atoms with Crippen molar-refractivity contribution < 1.29 is 88.6 Å². The highest BCUT2D eigenvalue weighted by Crippen LogP contribution is 2.31. The maximum absolute atomic E-state index is 14.7. The number of aliphatic hydroxyl groups is 7. The number of carbonyl (C=O) groups excluding carboxylic acids is 5. The third-order valence-corrected chi connectivity index (χ3v) is 15.5. The molecule has 24 heteroatoms. The summed E-state index contributed by atoms with van der Waals surface area (Å²) in [6, 6.07) is 4.38. The van der Waals surface area contributed by atoms with Crippen molar-refractivity contribution in [3.63, 3.8) is 0 Å². The lowest BCUT2D eigenvalue weighted by Gasteiger charge is -2.43. The SMILES string of the molecule is CCC(C)C(C(CC(=O)N1CCCC1C(OC)C(C)C(=O)NC(Cc1ccccc1)C(=O)O)OC)N(C)C(=O)C(CNC(=O)C(C(C)C)N(C)CC(NC(C)=O)C(O)C(OC1OC(CO)C(O)C(O)C1O)C(O)CO)C(C)C. The average molecular weight is 1110 g/mol. The summed E-state index contributed by atoms with van der Waals surface area (Å²) in [5.74, 6) is -5.89. The Balaban J connectivity index is 1.80. The van der Waals surface area contributed by atoms with Crippen molar-refractivity contribution in [3.8, 4) is 0 Å². The van der Waals surface area contributed by atoms with Gasteiger partial charge in [0, 0.05) is 54.2 Å². The van der Waals surface area contributed by atoms with E-state index in [-0.39, 0.29) is 49.6 Å². The molecule has 5 amide bonds. The van der Waals surface area contributed by atoms with Crippen LogP contribution in [0.5, 0.6) is 0 Å². The summed E-state index contributed by atoms with van der Waals surface area (Å²) in [6.07, 6.45) is -14.1. The highest BCUT2D eigenvalue weighted by Gasteiger charge is 2.48. The molecule has 18 unspecified atom stereocenters. The number of hydrogen-bond acceptors (Lipinski definition) is 18. The van der Waals surface area contributed by atoms with Crippen LogP contribution in [0.2, 0.25) is 0 Å². The van der Waals surface area contributed by atoms with Gasteiger partial charge in [0.25, 0.3) is 0 Å². The summed E-state index contributed by atoms with van der Waals surface area (Å²) >= 11 is 0. The Labute approximate surface area is 459 Å². The number of nitrogens with one attached hydrogen (secondary N) is 3. The highest BCUT2D eigenvalue weighted by atomic mass is 16.7. The molecule has 0 radical (unpaired) electrons. The van der Waals surface area contributed by atoms with Gasteiger partial charge in [0.15, 0.2) is 6.29 Å². The molecule has 2 saturated heterocycles. The largest absolute Gasteiger partial charge is 0.480 e. The molecule has 2 heterocycles. The Kier molecular flexibility index (Phi) is 27.9. The van der Waals surface area contributed by atoms with Gasteiger partial charge >= 0.3 is 5.97 Å². The third kappa shape index (κ3) is 18.0. The number of ether oxygens (including phenoxy) is 4. The molecular formula is C54H92N6O18. The van der Waals surface area contributed by atoms with E-state index in [9.17, 15) is 69.6 Å². The van der Waals surface area contributed by atoms with Crippen molar-refractivity contribution in [2.45, 2.75) is 179 Å². The van der Waals surface area contributed by atoms with E-state index >= 15 is 0 Å². The lowest BCUT2D eigenvalue weighted by atomic mass is 9.87. The number of hydrogen-bond donors (Lipinski definition) is 11. The molecule has 2 fully saturated rings. The standard InChI is InChI=1S/C54H92N6O18/c1-13-30(6)43(39(75-11)23-41(65)60-21-17-20-37(60)48(76-12)31(7)50(70)57-35(53(73)74)22-33-18-15-14-16-19-33)59(10)52(72)34(28(2)3)24-55-51(71)42(29(4)5)58(9)25-36(56-32(8)63)44(66)49(38(64)26-61)78-54-47(69)46(68)45(67)40(27-62)77-54/h14-16,18-19,28-31,34-40,42-49,54,61-62,64,66-69H,13,17,20-27H2,1-12H3,(H,55,71)(H,56,63)(H,57,70)(H,73,74). The van der Waals surface area contributed by atoms with Crippen LogP contribution in [0.4, 0.5) is 0 Å². The van der Waals surface area contributed by atoms with Crippen LogP contribution in [0, 0.1) is 29.6 Å². The van der Waals surface area contributed by atoms with Gasteiger partial charge in [-0.3, -0.25) is 28.9 Å². The van der Waals surface area contributed by atoms with Crippen molar-refractivity contribution in [2.75, 3.05) is 61.2 Å². The second-order valence-corrected chi connectivity index (χ2v) is 21.7. The normalized spacial score (nSPS) is 24.5. The number of nitrogens with zero attached hydrogens (tertiary/aromatic N) is 3. The zero-order chi connectivity index (χ0) is 58.9. The van der Waals surface area contributed by atoms with Crippen LogP contribution in [0.25, 0.3) is 0 Å². The molecular weight excluding hydrogens is 1020 g/mol. The molecule has 1 aromatic carbocycles. The third-order valence-electron chi connectivity index (χ3n) is 15.5. The number of aliphatic hydroxyl groups excluding tert-OH is 7. The van der Waals surface area contributed by atoms with Gasteiger partial charge in [-0.05, 0) is 43.2 Å². The Morgan fingerprint density at radius 2 is 1.51 bits per heavy atom. The van der Waals surface area contributed by atoms with Crippen LogP contribution in [0.15, 0.2) is 30.3 Å². The van der Waals surface area contributed by atoms with Gasteiger partial charge in [0.05, 0.1) is 67.8 Å². The van der Waals surface area contributed by atoms with Crippen molar-refractivity contribution in [3.05, 3.63) is 35.9 Å². The van der Waals surface area contributed by atoms with Gasteiger partial charge in [0.1, 0.15) is 48.8 Å². The van der Waals surface area contributed by atoms with Crippen molar-refractivity contribution in [1.29, 1.82) is 0 Å². The number of amides is 5. The van der Waals surface area contributed by atoms with Gasteiger partial charge in [0.2, 0.25) is 29.5 Å². The minimum atomic E-state index is -1.93. The summed E-state index contributed by atoms with van der Waals surface area (Å²) in [4.78, 5) is 86.7. The van der Waals surface area contributed by atoms with Crippen molar-refractivity contribution in [1.82, 2.24) is 30.7 Å². The quantitative estimate of drug-likeness (QED) is 0.0390. The van der Waals surface area contributed by atoms with Crippen LogP contribution < -0.4 is 16.0 Å². The lowest BCUT2D eigenvalue weighted by molar-refractivity contribution is -0.325. The van der Waals surface area contributed by atoms with E-state index in [1.54, 1.807) is 73.8 Å². The number of benzene rings is 1. The van der Waals surface area contributed by atoms with E-state index in [0.717, 1.165) is 5.56 Å². The number of rotatable bonds is 32. The Bertz CT molecular complexity index is 2040. The fourth-order valence-electron chi connectivity index (χ4n) is 10.8. The predicted octanol–water partition coefficient (Wildman–Crippen LogP) is -1.53. The molecule has 1 aromatic rings. The van der Waals surface area contributed by atoms with Crippen LogP contribution in [-0.4, -0.2) is 244 Å². The molecule has 3 rings (SSSR count). The number of aliphatic carboxylic acids is 1. The molecule has 2 aliphatic heterocycles. The van der Waals surface area contributed by atoms with Crippen LogP contribution >= 0.6 is 0 Å².